The van der Waals surface area contributed by atoms with Gasteiger partial charge in [-0.2, -0.15) is 13.2 Å². The molecule has 1 aliphatic rings. The normalized spacial score (nSPS) is 15.8. The molecule has 3 rings (SSSR count). The molecule has 1 aliphatic heterocycles. The molecular weight excluding hydrogens is 459 g/mol. The fourth-order valence-corrected chi connectivity index (χ4v) is 5.03. The number of anilines is 2. The lowest BCUT2D eigenvalue weighted by Gasteiger charge is -2.39. The van der Waals surface area contributed by atoms with Gasteiger partial charge in [0.25, 0.3) is 0 Å². The first-order valence-corrected chi connectivity index (χ1v) is 12.1. The number of halogens is 3. The molecule has 7 nitrogen and oxygen atoms in total. The molecule has 11 heteroatoms. The predicted molar refractivity (Wildman–Crippen MR) is 120 cm³/mol. The Bertz CT molecular complexity index is 1080. The van der Waals surface area contributed by atoms with Crippen LogP contribution in [-0.2, 0) is 21.0 Å². The lowest BCUT2D eigenvalue weighted by Crippen LogP contribution is -2.55. The van der Waals surface area contributed by atoms with E-state index in [1.54, 1.807) is 35.2 Å². The molecule has 2 aromatic carbocycles. The van der Waals surface area contributed by atoms with Crippen molar-refractivity contribution in [1.29, 1.82) is 0 Å². The van der Waals surface area contributed by atoms with Crippen LogP contribution in [0.2, 0.25) is 0 Å². The molecule has 0 aromatic heterocycles. The number of methoxy groups -OCH3 is 1. The van der Waals surface area contributed by atoms with Crippen LogP contribution < -0.4 is 13.9 Å². The van der Waals surface area contributed by atoms with Crippen molar-refractivity contribution in [2.24, 2.45) is 0 Å². The van der Waals surface area contributed by atoms with E-state index in [1.807, 2.05) is 0 Å². The zero-order valence-corrected chi connectivity index (χ0v) is 19.4. The number of carbonyl (C=O) groups excluding carboxylic acids is 1. The average Bonchev–Trinajstić information content (AvgIpc) is 2.78. The van der Waals surface area contributed by atoms with Gasteiger partial charge < -0.3 is 14.5 Å². The van der Waals surface area contributed by atoms with Gasteiger partial charge >= 0.3 is 6.18 Å². The number of ether oxygens (including phenoxy) is 1. The number of piperazine rings is 1. The minimum absolute atomic E-state index is 0.264. The predicted octanol–water partition coefficient (Wildman–Crippen LogP) is 3.22. The Balaban J connectivity index is 1.72. The second kappa shape index (κ2) is 9.50. The van der Waals surface area contributed by atoms with E-state index >= 15 is 0 Å². The second-order valence-electron chi connectivity index (χ2n) is 7.79. The van der Waals surface area contributed by atoms with E-state index in [9.17, 15) is 26.4 Å². The third-order valence-corrected chi connectivity index (χ3v) is 6.76. The van der Waals surface area contributed by atoms with Crippen molar-refractivity contribution in [3.05, 3.63) is 54.1 Å². The summed E-state index contributed by atoms with van der Waals surface area (Å²) in [4.78, 5) is 16.5. The number of nitrogens with zero attached hydrogens (tertiary/aromatic N) is 3. The average molecular weight is 486 g/mol. The Kier molecular flexibility index (Phi) is 7.11. The van der Waals surface area contributed by atoms with Gasteiger partial charge in [0.05, 0.1) is 24.6 Å². The first kappa shape index (κ1) is 24.7. The van der Waals surface area contributed by atoms with Crippen LogP contribution in [0.3, 0.4) is 0 Å². The minimum Gasteiger partial charge on any atom is -0.497 e. The zero-order chi connectivity index (χ0) is 24.4. The summed E-state index contributed by atoms with van der Waals surface area (Å²) in [5.41, 5.74) is 0.0399. The maximum Gasteiger partial charge on any atom is 0.416 e. The molecule has 0 N–H and O–H groups in total. The van der Waals surface area contributed by atoms with Gasteiger partial charge in [0.2, 0.25) is 15.9 Å². The van der Waals surface area contributed by atoms with E-state index in [0.29, 0.717) is 30.2 Å². The minimum atomic E-state index is -4.43. The quantitative estimate of drug-likeness (QED) is 0.629. The molecule has 0 saturated carbocycles. The molecule has 1 saturated heterocycles. The van der Waals surface area contributed by atoms with Gasteiger partial charge in [0.15, 0.2) is 0 Å². The molecule has 0 bridgehead atoms. The SMILES string of the molecule is COc1ccc(N(C(C)C(=O)N2CCN(c3cccc(C(F)(F)F)c3)CC2)S(C)(=O)=O)cc1. The van der Waals surface area contributed by atoms with Gasteiger partial charge in [0.1, 0.15) is 11.8 Å². The molecule has 0 radical (unpaired) electrons. The highest BCUT2D eigenvalue weighted by molar-refractivity contribution is 7.92. The van der Waals surface area contributed by atoms with Gasteiger partial charge in [-0.15, -0.1) is 0 Å². The van der Waals surface area contributed by atoms with E-state index in [1.165, 1.54) is 25.0 Å². The number of benzene rings is 2. The van der Waals surface area contributed by atoms with Crippen molar-refractivity contribution in [3.8, 4) is 5.75 Å². The topological polar surface area (TPSA) is 70.2 Å². The molecule has 1 amide bonds. The fourth-order valence-electron chi connectivity index (χ4n) is 3.86. The molecule has 1 atom stereocenters. The molecule has 1 fully saturated rings. The Morgan fingerprint density at radius 2 is 1.67 bits per heavy atom. The van der Waals surface area contributed by atoms with Crippen LogP contribution in [0.15, 0.2) is 48.5 Å². The lowest BCUT2D eigenvalue weighted by atomic mass is 10.1. The van der Waals surface area contributed by atoms with Crippen molar-refractivity contribution in [3.63, 3.8) is 0 Å². The Labute approximate surface area is 191 Å². The maximum atomic E-state index is 13.1. The summed E-state index contributed by atoms with van der Waals surface area (Å²) in [5.74, 6) is 0.178. The standard InChI is InChI=1S/C22H26F3N3O4S/c1-16(28(33(3,30)31)18-7-9-20(32-2)10-8-18)21(29)27-13-11-26(12-14-27)19-6-4-5-17(15-19)22(23,24)25/h4-10,15-16H,11-14H2,1-3H3. The Morgan fingerprint density at radius 1 is 1.06 bits per heavy atom. The summed E-state index contributed by atoms with van der Waals surface area (Å²) >= 11 is 0. The van der Waals surface area contributed by atoms with Gasteiger partial charge in [-0.25, -0.2) is 8.42 Å². The largest absolute Gasteiger partial charge is 0.497 e. The molecule has 1 unspecified atom stereocenters. The number of sulfonamides is 1. The van der Waals surface area contributed by atoms with Crippen molar-refractivity contribution in [2.75, 3.05) is 48.7 Å². The molecule has 2 aromatic rings. The highest BCUT2D eigenvalue weighted by Crippen LogP contribution is 2.32. The van der Waals surface area contributed by atoms with E-state index in [-0.39, 0.29) is 19.0 Å². The van der Waals surface area contributed by atoms with Gasteiger partial charge in [0, 0.05) is 31.9 Å². The van der Waals surface area contributed by atoms with E-state index in [4.69, 9.17) is 4.74 Å². The van der Waals surface area contributed by atoms with E-state index in [0.717, 1.165) is 22.7 Å². The molecule has 0 spiro atoms. The third-order valence-electron chi connectivity index (χ3n) is 5.52. The van der Waals surface area contributed by atoms with Crippen molar-refractivity contribution >= 4 is 27.3 Å². The van der Waals surface area contributed by atoms with E-state index in [2.05, 4.69) is 0 Å². The summed E-state index contributed by atoms with van der Waals surface area (Å²) in [7, 11) is -2.27. The summed E-state index contributed by atoms with van der Waals surface area (Å²) in [6.45, 7) is 2.72. The summed E-state index contributed by atoms with van der Waals surface area (Å²) in [6.07, 6.45) is -3.40. The van der Waals surface area contributed by atoms with Gasteiger partial charge in [-0.3, -0.25) is 9.10 Å². The van der Waals surface area contributed by atoms with Crippen molar-refractivity contribution < 1.29 is 31.1 Å². The first-order chi connectivity index (χ1) is 15.4. The van der Waals surface area contributed by atoms with Gasteiger partial charge in [-0.1, -0.05) is 6.07 Å². The van der Waals surface area contributed by atoms with Crippen LogP contribution in [0, 0.1) is 0 Å². The number of carbonyl (C=O) groups is 1. The molecule has 1 heterocycles. The fraction of sp³-hybridized carbons (Fsp3) is 0.409. The van der Waals surface area contributed by atoms with Crippen LogP contribution >= 0.6 is 0 Å². The number of amides is 1. The molecule has 33 heavy (non-hydrogen) atoms. The summed E-state index contributed by atoms with van der Waals surface area (Å²) < 4.78 is 70.2. The van der Waals surface area contributed by atoms with Crippen molar-refractivity contribution in [1.82, 2.24) is 4.90 Å². The number of hydrogen-bond acceptors (Lipinski definition) is 5. The zero-order valence-electron chi connectivity index (χ0n) is 18.5. The number of alkyl halides is 3. The van der Waals surface area contributed by atoms with Crippen LogP contribution in [-0.4, -0.2) is 64.8 Å². The highest BCUT2D eigenvalue weighted by Gasteiger charge is 2.34. The number of rotatable bonds is 6. The van der Waals surface area contributed by atoms with Crippen LogP contribution in [0.25, 0.3) is 0 Å². The van der Waals surface area contributed by atoms with Crippen molar-refractivity contribution in [2.45, 2.75) is 19.1 Å². The van der Waals surface area contributed by atoms with E-state index < -0.39 is 27.8 Å². The van der Waals surface area contributed by atoms with Crippen LogP contribution in [0.4, 0.5) is 24.5 Å². The lowest BCUT2D eigenvalue weighted by molar-refractivity contribution is -0.137. The van der Waals surface area contributed by atoms with Crippen LogP contribution in [0.1, 0.15) is 12.5 Å². The number of hydrogen-bond donors (Lipinski definition) is 0. The Morgan fingerprint density at radius 3 is 2.18 bits per heavy atom. The Hall–Kier alpha value is -2.95. The van der Waals surface area contributed by atoms with Gasteiger partial charge in [-0.05, 0) is 49.4 Å². The van der Waals surface area contributed by atoms with Crippen LogP contribution in [0.5, 0.6) is 5.75 Å². The molecule has 0 aliphatic carbocycles. The second-order valence-corrected chi connectivity index (χ2v) is 9.65. The molecule has 180 valence electrons. The highest BCUT2D eigenvalue weighted by atomic mass is 32.2. The maximum absolute atomic E-state index is 13.1. The first-order valence-electron chi connectivity index (χ1n) is 10.3. The summed E-state index contributed by atoms with van der Waals surface area (Å²) in [6, 6.07) is 10.4. The smallest absolute Gasteiger partial charge is 0.416 e. The monoisotopic (exact) mass is 485 g/mol. The third kappa shape index (κ3) is 5.70. The molecular formula is C22H26F3N3O4S. The summed E-state index contributed by atoms with van der Waals surface area (Å²) in [5, 5.41) is 0.